The van der Waals surface area contributed by atoms with Gasteiger partial charge in [-0.3, -0.25) is 14.5 Å². The number of rotatable bonds is 6. The fourth-order valence-corrected chi connectivity index (χ4v) is 4.24. The van der Waals surface area contributed by atoms with Gasteiger partial charge in [0.15, 0.2) is 0 Å². The van der Waals surface area contributed by atoms with Crippen LogP contribution in [0.1, 0.15) is 41.6 Å². The van der Waals surface area contributed by atoms with E-state index >= 15 is 0 Å². The summed E-state index contributed by atoms with van der Waals surface area (Å²) in [6, 6.07) is 15.9. The minimum absolute atomic E-state index is 0.0671. The number of nitrogens with zero attached hydrogens (tertiary/aromatic N) is 2. The Balaban J connectivity index is 1.41. The molecule has 0 radical (unpaired) electrons. The van der Waals surface area contributed by atoms with Gasteiger partial charge in [-0.05, 0) is 28.3 Å². The van der Waals surface area contributed by atoms with E-state index in [1.807, 2.05) is 42.5 Å². The van der Waals surface area contributed by atoms with Gasteiger partial charge in [-0.25, -0.2) is 0 Å². The van der Waals surface area contributed by atoms with Crippen molar-refractivity contribution in [3.63, 3.8) is 0 Å². The molecule has 6 nitrogen and oxygen atoms in total. The van der Waals surface area contributed by atoms with E-state index in [0.717, 1.165) is 49.5 Å². The molecule has 162 valence electrons. The predicted octanol–water partition coefficient (Wildman–Crippen LogP) is 3.10. The third-order valence-corrected chi connectivity index (χ3v) is 5.94. The van der Waals surface area contributed by atoms with Crippen molar-refractivity contribution in [3.8, 4) is 0 Å². The Morgan fingerprint density at radius 3 is 2.52 bits per heavy atom. The van der Waals surface area contributed by atoms with Gasteiger partial charge in [0, 0.05) is 39.3 Å². The number of hydrogen-bond donors (Lipinski definition) is 1. The van der Waals surface area contributed by atoms with E-state index in [0.29, 0.717) is 6.54 Å². The molecule has 0 spiro atoms. The molecule has 1 atom stereocenters. The highest BCUT2D eigenvalue weighted by Gasteiger charge is 2.28. The summed E-state index contributed by atoms with van der Waals surface area (Å²) in [7, 11) is 0. The summed E-state index contributed by atoms with van der Waals surface area (Å²) in [4.78, 5) is 29.0. The van der Waals surface area contributed by atoms with Crippen molar-refractivity contribution < 1.29 is 14.3 Å². The second kappa shape index (κ2) is 9.90. The van der Waals surface area contributed by atoms with E-state index < -0.39 is 0 Å². The van der Waals surface area contributed by atoms with Crippen molar-refractivity contribution in [1.29, 1.82) is 0 Å². The zero-order valence-corrected chi connectivity index (χ0v) is 17.9. The minimum atomic E-state index is -0.290. The third-order valence-electron chi connectivity index (χ3n) is 5.94. The quantitative estimate of drug-likeness (QED) is 0.782. The normalized spacial score (nSPS) is 18.5. The number of ether oxygens (including phenoxy) is 1. The van der Waals surface area contributed by atoms with Gasteiger partial charge in [-0.1, -0.05) is 48.5 Å². The summed E-state index contributed by atoms with van der Waals surface area (Å²) in [5.41, 5.74) is 4.40. The van der Waals surface area contributed by atoms with Crippen molar-refractivity contribution in [2.75, 3.05) is 26.3 Å². The van der Waals surface area contributed by atoms with Gasteiger partial charge >= 0.3 is 0 Å². The van der Waals surface area contributed by atoms with Crippen LogP contribution in [0.5, 0.6) is 0 Å². The number of hydrogen-bond acceptors (Lipinski definition) is 4. The van der Waals surface area contributed by atoms with Gasteiger partial charge in [-0.2, -0.15) is 0 Å². The molecule has 31 heavy (non-hydrogen) atoms. The molecule has 2 heterocycles. The number of morpholine rings is 1. The van der Waals surface area contributed by atoms with Crippen molar-refractivity contribution in [2.24, 2.45) is 0 Å². The molecule has 1 N–H and O–H groups in total. The Bertz CT molecular complexity index is 966. The average molecular weight is 420 g/mol. The van der Waals surface area contributed by atoms with Gasteiger partial charge < -0.3 is 15.0 Å². The molecule has 0 aliphatic carbocycles. The lowest BCUT2D eigenvalue weighted by molar-refractivity contribution is -0.130. The molecule has 0 saturated carbocycles. The van der Waals surface area contributed by atoms with Crippen LogP contribution in [0.2, 0.25) is 0 Å². The van der Waals surface area contributed by atoms with Crippen molar-refractivity contribution in [1.82, 2.24) is 15.1 Å². The maximum Gasteiger partial charge on any atom is 0.223 e. The van der Waals surface area contributed by atoms with Crippen LogP contribution in [0.15, 0.2) is 54.7 Å². The molecule has 0 aromatic heterocycles. The molecule has 2 aromatic rings. The molecule has 4 rings (SSSR count). The second-order valence-corrected chi connectivity index (χ2v) is 8.02. The first-order valence-electron chi connectivity index (χ1n) is 10.8. The monoisotopic (exact) mass is 419 g/mol. The van der Waals surface area contributed by atoms with Crippen LogP contribution < -0.4 is 5.32 Å². The fraction of sp³-hybridized carbons (Fsp3) is 0.360. The number of carbonyl (C=O) groups is 2. The third kappa shape index (κ3) is 5.21. The van der Waals surface area contributed by atoms with Crippen LogP contribution in [0, 0.1) is 0 Å². The minimum Gasteiger partial charge on any atom is -0.379 e. The summed E-state index contributed by atoms with van der Waals surface area (Å²) < 4.78 is 5.44. The van der Waals surface area contributed by atoms with Gasteiger partial charge in [-0.15, -0.1) is 0 Å². The number of benzene rings is 2. The Labute approximate surface area is 183 Å². The lowest BCUT2D eigenvalue weighted by Gasteiger charge is -2.32. The highest BCUT2D eigenvalue weighted by molar-refractivity contribution is 5.81. The molecule has 6 heteroatoms. The predicted molar refractivity (Wildman–Crippen MR) is 120 cm³/mol. The molecule has 1 unspecified atom stereocenters. The molecule has 2 aliphatic heterocycles. The van der Waals surface area contributed by atoms with Gasteiger partial charge in [0.1, 0.15) is 0 Å². The van der Waals surface area contributed by atoms with Crippen LogP contribution in [0.4, 0.5) is 0 Å². The zero-order chi connectivity index (χ0) is 21.6. The number of nitrogens with one attached hydrogen (secondary N) is 1. The largest absolute Gasteiger partial charge is 0.379 e. The highest BCUT2D eigenvalue weighted by Crippen LogP contribution is 2.32. The first kappa shape index (κ1) is 21.3. The van der Waals surface area contributed by atoms with E-state index in [9.17, 15) is 9.59 Å². The molecular formula is C25H29N3O3. The standard InChI is InChI=1S/C25H29N3O3/c1-19(29)28-11-10-20-6-4-5-9-23(20)24(28)16-25(30)26-17-21-7-2-3-8-22(21)18-27-12-14-31-15-13-27/h2-11,24H,12-18H2,1H3,(H,26,30). The number of amides is 2. The first-order chi connectivity index (χ1) is 15.1. The van der Waals surface area contributed by atoms with E-state index in [-0.39, 0.29) is 24.3 Å². The number of fused-ring (bicyclic) bond motifs is 1. The maximum atomic E-state index is 12.9. The summed E-state index contributed by atoms with van der Waals surface area (Å²) in [5.74, 6) is -0.137. The van der Waals surface area contributed by atoms with Crippen molar-refractivity contribution in [2.45, 2.75) is 32.5 Å². The van der Waals surface area contributed by atoms with Gasteiger partial charge in [0.05, 0.1) is 25.7 Å². The SMILES string of the molecule is CC(=O)N1C=Cc2ccccc2C1CC(=O)NCc1ccccc1CN1CCOCC1. The summed E-state index contributed by atoms with van der Waals surface area (Å²) >= 11 is 0. The van der Waals surface area contributed by atoms with Crippen molar-refractivity contribution >= 4 is 17.9 Å². The Hall–Kier alpha value is -2.96. The Morgan fingerprint density at radius 1 is 1.03 bits per heavy atom. The first-order valence-corrected chi connectivity index (χ1v) is 10.8. The summed E-state index contributed by atoms with van der Waals surface area (Å²) in [6.45, 7) is 6.25. The lowest BCUT2D eigenvalue weighted by atomic mass is 9.93. The highest BCUT2D eigenvalue weighted by atomic mass is 16.5. The smallest absolute Gasteiger partial charge is 0.223 e. The molecule has 1 fully saturated rings. The Kier molecular flexibility index (Phi) is 6.79. The molecule has 0 bridgehead atoms. The van der Waals surface area contributed by atoms with E-state index in [2.05, 4.69) is 22.3 Å². The fourth-order valence-electron chi connectivity index (χ4n) is 4.24. The van der Waals surface area contributed by atoms with Crippen LogP contribution in [-0.4, -0.2) is 47.9 Å². The maximum absolute atomic E-state index is 12.9. The van der Waals surface area contributed by atoms with E-state index in [4.69, 9.17) is 4.74 Å². The van der Waals surface area contributed by atoms with Gasteiger partial charge in [0.2, 0.25) is 11.8 Å². The molecular weight excluding hydrogens is 390 g/mol. The average Bonchev–Trinajstić information content (AvgIpc) is 2.79. The van der Waals surface area contributed by atoms with Crippen LogP contribution >= 0.6 is 0 Å². The topological polar surface area (TPSA) is 61.9 Å². The molecule has 2 aliphatic rings. The zero-order valence-electron chi connectivity index (χ0n) is 17.9. The second-order valence-electron chi connectivity index (χ2n) is 8.02. The summed E-state index contributed by atoms with van der Waals surface area (Å²) in [5, 5.41) is 3.07. The van der Waals surface area contributed by atoms with Crippen LogP contribution in [0.25, 0.3) is 6.08 Å². The van der Waals surface area contributed by atoms with E-state index in [1.54, 1.807) is 11.1 Å². The molecule has 2 amide bonds. The lowest BCUT2D eigenvalue weighted by Crippen LogP contribution is -2.36. The van der Waals surface area contributed by atoms with Crippen LogP contribution in [-0.2, 0) is 27.4 Å². The van der Waals surface area contributed by atoms with Gasteiger partial charge in [0.25, 0.3) is 0 Å². The Morgan fingerprint density at radius 2 is 1.74 bits per heavy atom. The molecule has 2 aromatic carbocycles. The summed E-state index contributed by atoms with van der Waals surface area (Å²) in [6.07, 6.45) is 3.93. The van der Waals surface area contributed by atoms with E-state index in [1.165, 1.54) is 12.5 Å². The number of carbonyl (C=O) groups excluding carboxylic acids is 2. The van der Waals surface area contributed by atoms with Crippen molar-refractivity contribution in [3.05, 3.63) is 77.0 Å². The van der Waals surface area contributed by atoms with Crippen LogP contribution in [0.3, 0.4) is 0 Å². The molecule has 1 saturated heterocycles.